The normalized spacial score (nSPS) is 11.5. The Morgan fingerprint density at radius 3 is 1.37 bits per heavy atom. The first-order valence-electron chi connectivity index (χ1n) is 19.3. The van der Waals surface area contributed by atoms with Gasteiger partial charge >= 0.3 is 0 Å². The molecule has 11 aromatic rings. The molecule has 0 bridgehead atoms. The Kier molecular flexibility index (Phi) is 7.82. The van der Waals surface area contributed by atoms with Crippen LogP contribution in [-0.4, -0.2) is 0 Å². The summed E-state index contributed by atoms with van der Waals surface area (Å²) < 4.78 is 12.9. The monoisotopic (exact) mass is 729 g/mol. The number of fused-ring (bicyclic) bond motifs is 6. The van der Waals surface area contributed by atoms with E-state index in [2.05, 4.69) is 193 Å². The topological polar surface area (TPSA) is 29.5 Å². The Morgan fingerprint density at radius 2 is 0.719 bits per heavy atom. The minimum atomic E-state index is 0.901. The van der Waals surface area contributed by atoms with Crippen LogP contribution >= 0.6 is 0 Å². The number of anilines is 3. The molecule has 11 rings (SSSR count). The number of nitrogens with zero attached hydrogens (tertiary/aromatic N) is 1. The van der Waals surface area contributed by atoms with E-state index in [1.165, 1.54) is 5.56 Å². The van der Waals surface area contributed by atoms with Crippen LogP contribution in [0.1, 0.15) is 0 Å². The first kappa shape index (κ1) is 32.8. The van der Waals surface area contributed by atoms with Gasteiger partial charge in [-0.2, -0.15) is 0 Å². The van der Waals surface area contributed by atoms with Gasteiger partial charge in [0.1, 0.15) is 22.3 Å². The molecule has 0 amide bonds. The lowest BCUT2D eigenvalue weighted by atomic mass is 9.93. The molecular formula is C54H35NO2. The average Bonchev–Trinajstić information content (AvgIpc) is 3.86. The minimum absolute atomic E-state index is 0.901. The molecule has 9 aromatic carbocycles. The van der Waals surface area contributed by atoms with Crippen LogP contribution < -0.4 is 4.90 Å². The van der Waals surface area contributed by atoms with Gasteiger partial charge in [0, 0.05) is 49.7 Å². The summed E-state index contributed by atoms with van der Waals surface area (Å²) in [6, 6.07) is 75.1. The summed E-state index contributed by atoms with van der Waals surface area (Å²) in [5, 5.41) is 4.52. The second-order valence-corrected chi connectivity index (χ2v) is 14.5. The second-order valence-electron chi connectivity index (χ2n) is 14.5. The maximum atomic E-state index is 6.48. The standard InChI is InChI=1S/C54H35NO2/c1-2-13-36(14-3-1)39-15-10-16-42(35-39)55(41-33-29-38(30-34-41)44-21-11-23-49-46-19-6-8-25-51(46)56-53(44)49)40-31-27-37(28-32-40)43-17-4-5-18-45(43)48-22-12-24-50-47-20-7-9-26-52(47)57-54(48)50/h1-35H. The second kappa shape index (κ2) is 13.6. The molecule has 3 heteroatoms. The van der Waals surface area contributed by atoms with Crippen molar-refractivity contribution in [2.24, 2.45) is 0 Å². The number of hydrogen-bond acceptors (Lipinski definition) is 3. The van der Waals surface area contributed by atoms with Gasteiger partial charge in [-0.1, -0.05) is 164 Å². The van der Waals surface area contributed by atoms with E-state index in [0.717, 1.165) is 99.9 Å². The third-order valence-corrected chi connectivity index (χ3v) is 11.1. The molecule has 0 spiro atoms. The zero-order chi connectivity index (χ0) is 37.7. The summed E-state index contributed by atoms with van der Waals surface area (Å²) >= 11 is 0. The molecule has 3 nitrogen and oxygen atoms in total. The molecule has 0 aliphatic carbocycles. The van der Waals surface area contributed by atoms with E-state index in [1.807, 2.05) is 24.3 Å². The minimum Gasteiger partial charge on any atom is -0.455 e. The van der Waals surface area contributed by atoms with Crippen molar-refractivity contribution in [1.82, 2.24) is 0 Å². The molecule has 0 radical (unpaired) electrons. The molecule has 0 aliphatic heterocycles. The highest BCUT2D eigenvalue weighted by molar-refractivity contribution is 6.11. The van der Waals surface area contributed by atoms with E-state index in [-0.39, 0.29) is 0 Å². The molecule has 0 saturated heterocycles. The summed E-state index contributed by atoms with van der Waals surface area (Å²) in [5.41, 5.74) is 15.9. The van der Waals surface area contributed by atoms with Crippen molar-refractivity contribution in [3.05, 3.63) is 212 Å². The van der Waals surface area contributed by atoms with E-state index in [4.69, 9.17) is 8.83 Å². The van der Waals surface area contributed by atoms with Gasteiger partial charge in [0.05, 0.1) is 0 Å². The highest BCUT2D eigenvalue weighted by Crippen LogP contribution is 2.43. The predicted molar refractivity (Wildman–Crippen MR) is 237 cm³/mol. The number of para-hydroxylation sites is 4. The van der Waals surface area contributed by atoms with Crippen LogP contribution in [0, 0.1) is 0 Å². The lowest BCUT2D eigenvalue weighted by Gasteiger charge is -2.26. The zero-order valence-corrected chi connectivity index (χ0v) is 31.0. The van der Waals surface area contributed by atoms with Gasteiger partial charge in [0.15, 0.2) is 0 Å². The molecule has 0 saturated carbocycles. The highest BCUT2D eigenvalue weighted by Gasteiger charge is 2.18. The Balaban J connectivity index is 1.01. The van der Waals surface area contributed by atoms with Crippen LogP contribution in [0.4, 0.5) is 17.1 Å². The smallest absolute Gasteiger partial charge is 0.143 e. The van der Waals surface area contributed by atoms with Crippen molar-refractivity contribution in [2.75, 3.05) is 4.90 Å². The molecule has 2 aromatic heterocycles. The van der Waals surface area contributed by atoms with Crippen molar-refractivity contribution in [3.63, 3.8) is 0 Å². The van der Waals surface area contributed by atoms with Crippen LogP contribution in [0.5, 0.6) is 0 Å². The fourth-order valence-electron chi connectivity index (χ4n) is 8.39. The van der Waals surface area contributed by atoms with Gasteiger partial charge in [-0.3, -0.25) is 0 Å². The molecule has 57 heavy (non-hydrogen) atoms. The molecule has 0 unspecified atom stereocenters. The third-order valence-electron chi connectivity index (χ3n) is 11.1. The van der Waals surface area contributed by atoms with Crippen LogP contribution in [0.3, 0.4) is 0 Å². The molecule has 0 N–H and O–H groups in total. The largest absolute Gasteiger partial charge is 0.455 e. The van der Waals surface area contributed by atoms with Crippen molar-refractivity contribution in [2.45, 2.75) is 0 Å². The summed E-state index contributed by atoms with van der Waals surface area (Å²) in [6.45, 7) is 0. The molecule has 0 aliphatic rings. The fourth-order valence-corrected chi connectivity index (χ4v) is 8.39. The lowest BCUT2D eigenvalue weighted by molar-refractivity contribution is 0.669. The molecule has 268 valence electrons. The van der Waals surface area contributed by atoms with Gasteiger partial charge in [0.25, 0.3) is 0 Å². The third kappa shape index (κ3) is 5.68. The van der Waals surface area contributed by atoms with Crippen molar-refractivity contribution in [3.8, 4) is 44.5 Å². The van der Waals surface area contributed by atoms with Crippen LogP contribution in [0.15, 0.2) is 221 Å². The Morgan fingerprint density at radius 1 is 0.263 bits per heavy atom. The van der Waals surface area contributed by atoms with Crippen LogP contribution in [0.25, 0.3) is 88.4 Å². The number of furan rings is 2. The summed E-state index contributed by atoms with van der Waals surface area (Å²) in [4.78, 5) is 2.34. The van der Waals surface area contributed by atoms with E-state index >= 15 is 0 Å². The highest BCUT2D eigenvalue weighted by atomic mass is 16.3. The molecular weight excluding hydrogens is 695 g/mol. The molecule has 2 heterocycles. The Labute approximate surface area is 330 Å². The van der Waals surface area contributed by atoms with Crippen molar-refractivity contribution < 1.29 is 8.83 Å². The Hall–Kier alpha value is -7.62. The van der Waals surface area contributed by atoms with E-state index in [9.17, 15) is 0 Å². The van der Waals surface area contributed by atoms with Crippen LogP contribution in [-0.2, 0) is 0 Å². The SMILES string of the molecule is c1ccc(-c2cccc(N(c3ccc(-c4ccccc4-c4cccc5c4oc4ccccc45)cc3)c3ccc(-c4cccc5c4oc4ccccc45)cc3)c2)cc1. The Bertz CT molecular complexity index is 3230. The number of rotatable bonds is 7. The van der Waals surface area contributed by atoms with Gasteiger partial charge < -0.3 is 13.7 Å². The fraction of sp³-hybridized carbons (Fsp3) is 0. The maximum absolute atomic E-state index is 6.48. The molecule has 0 fully saturated rings. The average molecular weight is 730 g/mol. The van der Waals surface area contributed by atoms with Crippen molar-refractivity contribution in [1.29, 1.82) is 0 Å². The first-order chi connectivity index (χ1) is 28.3. The van der Waals surface area contributed by atoms with E-state index in [0.29, 0.717) is 0 Å². The van der Waals surface area contributed by atoms with Gasteiger partial charge in [-0.15, -0.1) is 0 Å². The summed E-state index contributed by atoms with van der Waals surface area (Å²) in [7, 11) is 0. The van der Waals surface area contributed by atoms with Gasteiger partial charge in [0.2, 0.25) is 0 Å². The summed E-state index contributed by atoms with van der Waals surface area (Å²) in [6.07, 6.45) is 0. The number of hydrogen-bond donors (Lipinski definition) is 0. The molecule has 0 atom stereocenters. The lowest BCUT2D eigenvalue weighted by Crippen LogP contribution is -2.10. The first-order valence-corrected chi connectivity index (χ1v) is 19.3. The maximum Gasteiger partial charge on any atom is 0.143 e. The van der Waals surface area contributed by atoms with Gasteiger partial charge in [-0.05, 0) is 81.9 Å². The quantitative estimate of drug-likeness (QED) is 0.164. The van der Waals surface area contributed by atoms with Crippen molar-refractivity contribution >= 4 is 60.9 Å². The predicted octanol–water partition coefficient (Wildman–Crippen LogP) is 15.6. The number of benzene rings is 9. The van der Waals surface area contributed by atoms with Crippen LogP contribution in [0.2, 0.25) is 0 Å². The summed E-state index contributed by atoms with van der Waals surface area (Å²) in [5.74, 6) is 0. The van der Waals surface area contributed by atoms with E-state index < -0.39 is 0 Å². The zero-order valence-electron chi connectivity index (χ0n) is 31.0. The van der Waals surface area contributed by atoms with E-state index in [1.54, 1.807) is 0 Å². The van der Waals surface area contributed by atoms with Gasteiger partial charge in [-0.25, -0.2) is 0 Å².